The minimum Gasteiger partial charge on any atom is -0.462 e. The van der Waals surface area contributed by atoms with Crippen molar-refractivity contribution in [2.45, 2.75) is 25.9 Å². The van der Waals surface area contributed by atoms with Gasteiger partial charge in [-0.15, -0.1) is 0 Å². The fourth-order valence-electron chi connectivity index (χ4n) is 1.78. The number of carbonyl (C=O) groups is 1. The zero-order valence-corrected chi connectivity index (χ0v) is 12.0. The highest BCUT2D eigenvalue weighted by Crippen LogP contribution is 2.35. The van der Waals surface area contributed by atoms with Crippen LogP contribution in [0.4, 0.5) is 13.2 Å². The molecule has 0 saturated heterocycles. The van der Waals surface area contributed by atoms with Gasteiger partial charge < -0.3 is 4.74 Å². The van der Waals surface area contributed by atoms with Gasteiger partial charge in [-0.1, -0.05) is 28.1 Å². The molecule has 6 heteroatoms. The van der Waals surface area contributed by atoms with E-state index in [0.29, 0.717) is 11.8 Å². The first-order valence-electron chi connectivity index (χ1n) is 5.84. The van der Waals surface area contributed by atoms with Crippen LogP contribution in [0.3, 0.4) is 0 Å². The molecule has 2 nitrogen and oxygen atoms in total. The molecule has 0 aromatic heterocycles. The summed E-state index contributed by atoms with van der Waals surface area (Å²) in [6, 6.07) is 4.00. The zero-order chi connectivity index (χ0) is 14.5. The first kappa shape index (κ1) is 16.0. The Hall–Kier alpha value is -1.04. The number of alkyl halides is 4. The lowest BCUT2D eigenvalue weighted by molar-refractivity contribution is -0.138. The molecule has 0 radical (unpaired) electrons. The van der Waals surface area contributed by atoms with Crippen molar-refractivity contribution >= 4 is 21.9 Å². The molecule has 106 valence electrons. The lowest BCUT2D eigenvalue weighted by atomic mass is 9.97. The molecule has 0 atom stereocenters. The summed E-state index contributed by atoms with van der Waals surface area (Å²) in [5.74, 6) is -0.935. The number of rotatable bonds is 5. The number of halogens is 4. The van der Waals surface area contributed by atoms with Gasteiger partial charge >= 0.3 is 12.1 Å². The van der Waals surface area contributed by atoms with Gasteiger partial charge in [-0.05, 0) is 31.4 Å². The Morgan fingerprint density at radius 3 is 2.58 bits per heavy atom. The van der Waals surface area contributed by atoms with Crippen LogP contribution in [0.1, 0.15) is 34.8 Å². The molecule has 0 heterocycles. The van der Waals surface area contributed by atoms with Crippen LogP contribution in [0.15, 0.2) is 18.2 Å². The molecule has 1 aromatic rings. The molecule has 0 saturated carbocycles. The Labute approximate surface area is 118 Å². The summed E-state index contributed by atoms with van der Waals surface area (Å²) in [5, 5.41) is 0.605. The van der Waals surface area contributed by atoms with Crippen molar-refractivity contribution in [2.24, 2.45) is 0 Å². The van der Waals surface area contributed by atoms with Crippen molar-refractivity contribution in [3.63, 3.8) is 0 Å². The molecule has 0 N–H and O–H groups in total. The number of hydrogen-bond donors (Lipinski definition) is 0. The summed E-state index contributed by atoms with van der Waals surface area (Å²) in [6.45, 7) is 1.60. The lowest BCUT2D eigenvalue weighted by Crippen LogP contribution is -2.18. The van der Waals surface area contributed by atoms with E-state index in [1.165, 1.54) is 12.1 Å². The summed E-state index contributed by atoms with van der Waals surface area (Å²) in [4.78, 5) is 11.6. The maximum absolute atomic E-state index is 13.1. The number of ether oxygens (including phenoxy) is 1. The van der Waals surface area contributed by atoms with Crippen LogP contribution in [0.25, 0.3) is 0 Å². The molecule has 19 heavy (non-hydrogen) atoms. The Morgan fingerprint density at radius 2 is 2.05 bits per heavy atom. The quantitative estimate of drug-likeness (QED) is 0.593. The van der Waals surface area contributed by atoms with Gasteiger partial charge in [-0.3, -0.25) is 0 Å². The highest BCUT2D eigenvalue weighted by atomic mass is 79.9. The molecular formula is C13H14BrF3O2. The van der Waals surface area contributed by atoms with Gasteiger partial charge in [0.1, 0.15) is 0 Å². The minimum absolute atomic E-state index is 0.0434. The van der Waals surface area contributed by atoms with Crippen LogP contribution in [0, 0.1) is 0 Å². The second-order valence-corrected chi connectivity index (χ2v) is 4.64. The molecule has 1 rings (SSSR count). The predicted molar refractivity (Wildman–Crippen MR) is 69.5 cm³/mol. The average Bonchev–Trinajstić information content (AvgIpc) is 2.35. The molecule has 0 amide bonds. The van der Waals surface area contributed by atoms with E-state index in [9.17, 15) is 18.0 Å². The van der Waals surface area contributed by atoms with E-state index in [-0.39, 0.29) is 18.6 Å². The Bertz CT molecular complexity index is 444. The van der Waals surface area contributed by atoms with E-state index in [1.54, 1.807) is 6.92 Å². The van der Waals surface area contributed by atoms with E-state index in [1.807, 2.05) is 0 Å². The van der Waals surface area contributed by atoms with Crippen molar-refractivity contribution in [2.75, 3.05) is 11.9 Å². The molecule has 1 aromatic carbocycles. The molecule has 0 unspecified atom stereocenters. The summed E-state index contributed by atoms with van der Waals surface area (Å²) >= 11 is 3.18. The first-order chi connectivity index (χ1) is 8.91. The smallest absolute Gasteiger partial charge is 0.417 e. The van der Waals surface area contributed by atoms with E-state index in [0.717, 1.165) is 6.07 Å². The Kier molecular flexibility index (Phi) is 5.85. The third-order valence-corrected chi connectivity index (χ3v) is 3.07. The Morgan fingerprint density at radius 1 is 1.37 bits per heavy atom. The van der Waals surface area contributed by atoms with E-state index < -0.39 is 23.3 Å². The number of benzene rings is 1. The van der Waals surface area contributed by atoms with Crippen LogP contribution in [-0.4, -0.2) is 17.9 Å². The van der Waals surface area contributed by atoms with Gasteiger partial charge in [-0.2, -0.15) is 13.2 Å². The second-order valence-electron chi connectivity index (χ2n) is 3.85. The fourth-order valence-corrected chi connectivity index (χ4v) is 2.06. The van der Waals surface area contributed by atoms with E-state index in [2.05, 4.69) is 20.7 Å². The molecule has 0 fully saturated rings. The maximum Gasteiger partial charge on any atom is 0.417 e. The van der Waals surface area contributed by atoms with Gasteiger partial charge in [0, 0.05) is 5.33 Å². The summed E-state index contributed by atoms with van der Waals surface area (Å²) in [6.07, 6.45) is -3.74. The summed E-state index contributed by atoms with van der Waals surface area (Å²) < 4.78 is 44.0. The standard InChI is InChI=1S/C13H14BrF3O2/c1-2-19-12(18)10-7-3-5-9(6-4-8-14)11(10)13(15,16)17/h3,5,7H,2,4,6,8H2,1H3. The van der Waals surface area contributed by atoms with Gasteiger partial charge in [0.25, 0.3) is 0 Å². The molecule has 0 bridgehead atoms. The second kappa shape index (κ2) is 6.93. The van der Waals surface area contributed by atoms with Crippen molar-refractivity contribution in [1.82, 2.24) is 0 Å². The van der Waals surface area contributed by atoms with Crippen molar-refractivity contribution in [1.29, 1.82) is 0 Å². The monoisotopic (exact) mass is 338 g/mol. The van der Waals surface area contributed by atoms with E-state index in [4.69, 9.17) is 0 Å². The topological polar surface area (TPSA) is 26.3 Å². The third-order valence-electron chi connectivity index (χ3n) is 2.51. The first-order valence-corrected chi connectivity index (χ1v) is 6.96. The normalized spacial score (nSPS) is 11.4. The highest BCUT2D eigenvalue weighted by Gasteiger charge is 2.37. The molecule has 0 aliphatic heterocycles. The molecule has 0 spiro atoms. The third kappa shape index (κ3) is 4.23. The molecule has 0 aliphatic rings. The van der Waals surface area contributed by atoms with Crippen LogP contribution in [-0.2, 0) is 17.3 Å². The highest BCUT2D eigenvalue weighted by molar-refractivity contribution is 9.09. The van der Waals surface area contributed by atoms with Crippen molar-refractivity contribution < 1.29 is 22.7 Å². The zero-order valence-electron chi connectivity index (χ0n) is 10.4. The fraction of sp³-hybridized carbons (Fsp3) is 0.462. The maximum atomic E-state index is 13.1. The summed E-state index contributed by atoms with van der Waals surface area (Å²) in [7, 11) is 0. The largest absolute Gasteiger partial charge is 0.462 e. The van der Waals surface area contributed by atoms with Gasteiger partial charge in [0.15, 0.2) is 0 Å². The predicted octanol–water partition coefficient (Wildman–Crippen LogP) is 4.21. The number of carbonyl (C=O) groups excluding carboxylic acids is 1. The van der Waals surface area contributed by atoms with Crippen LogP contribution in [0.2, 0.25) is 0 Å². The summed E-state index contributed by atoms with van der Waals surface area (Å²) in [5.41, 5.74) is -1.17. The lowest BCUT2D eigenvalue weighted by Gasteiger charge is -2.16. The van der Waals surface area contributed by atoms with Crippen LogP contribution >= 0.6 is 15.9 Å². The van der Waals surface area contributed by atoms with Gasteiger partial charge in [-0.25, -0.2) is 4.79 Å². The molecular weight excluding hydrogens is 325 g/mol. The Balaban J connectivity index is 3.26. The number of esters is 1. The minimum atomic E-state index is -4.56. The average molecular weight is 339 g/mol. The number of hydrogen-bond acceptors (Lipinski definition) is 2. The van der Waals surface area contributed by atoms with Crippen molar-refractivity contribution in [3.8, 4) is 0 Å². The van der Waals surface area contributed by atoms with Crippen LogP contribution in [0.5, 0.6) is 0 Å². The molecule has 0 aliphatic carbocycles. The van der Waals surface area contributed by atoms with Crippen LogP contribution < -0.4 is 0 Å². The van der Waals surface area contributed by atoms with Gasteiger partial charge in [0.2, 0.25) is 0 Å². The number of aryl methyl sites for hydroxylation is 1. The van der Waals surface area contributed by atoms with E-state index >= 15 is 0 Å². The van der Waals surface area contributed by atoms with Crippen molar-refractivity contribution in [3.05, 3.63) is 34.9 Å². The van der Waals surface area contributed by atoms with Gasteiger partial charge in [0.05, 0.1) is 17.7 Å². The SMILES string of the molecule is CCOC(=O)c1cccc(CCCBr)c1C(F)(F)F.